The van der Waals surface area contributed by atoms with Crippen molar-refractivity contribution in [2.75, 3.05) is 6.61 Å². The molecular formula is C10H12O. The lowest BCUT2D eigenvalue weighted by Gasteiger charge is -1.72. The molecule has 0 aromatic rings. The Bertz CT molecular complexity index is 217. The fourth-order valence-corrected chi connectivity index (χ4v) is 0.421. The van der Waals surface area contributed by atoms with Crippen LogP contribution < -0.4 is 0 Å². The number of hydrogen-bond donors (Lipinski definition) is 1. The molecule has 0 unspecified atom stereocenters. The SMILES string of the molecule is CCCC#CC#C/C=C\CO. The van der Waals surface area contributed by atoms with Crippen LogP contribution in [0.2, 0.25) is 0 Å². The molecule has 0 aromatic carbocycles. The Kier molecular flexibility index (Phi) is 7.87. The molecule has 58 valence electrons. The Morgan fingerprint density at radius 3 is 2.82 bits per heavy atom. The quantitative estimate of drug-likeness (QED) is 0.586. The first-order valence-electron chi connectivity index (χ1n) is 3.66. The van der Waals surface area contributed by atoms with Crippen molar-refractivity contribution in [3.8, 4) is 23.7 Å². The van der Waals surface area contributed by atoms with E-state index in [9.17, 15) is 0 Å². The summed E-state index contributed by atoms with van der Waals surface area (Å²) in [6.07, 6.45) is 5.15. The van der Waals surface area contributed by atoms with Crippen LogP contribution in [-0.2, 0) is 0 Å². The van der Waals surface area contributed by atoms with E-state index >= 15 is 0 Å². The van der Waals surface area contributed by atoms with Crippen LogP contribution in [0.1, 0.15) is 19.8 Å². The van der Waals surface area contributed by atoms with Crippen molar-refractivity contribution in [1.82, 2.24) is 0 Å². The molecule has 0 heterocycles. The normalized spacial score (nSPS) is 8.18. The number of aliphatic hydroxyl groups excluding tert-OH is 1. The molecule has 0 atom stereocenters. The van der Waals surface area contributed by atoms with Gasteiger partial charge in [-0.1, -0.05) is 24.8 Å². The van der Waals surface area contributed by atoms with E-state index in [4.69, 9.17) is 5.11 Å². The summed E-state index contributed by atoms with van der Waals surface area (Å²) >= 11 is 0. The van der Waals surface area contributed by atoms with Gasteiger partial charge in [-0.05, 0) is 24.3 Å². The van der Waals surface area contributed by atoms with Gasteiger partial charge >= 0.3 is 0 Å². The Morgan fingerprint density at radius 1 is 1.36 bits per heavy atom. The van der Waals surface area contributed by atoms with E-state index in [1.54, 1.807) is 12.2 Å². The van der Waals surface area contributed by atoms with Crippen LogP contribution in [0.25, 0.3) is 0 Å². The van der Waals surface area contributed by atoms with Gasteiger partial charge in [0.05, 0.1) is 6.61 Å². The molecule has 0 aromatic heterocycles. The van der Waals surface area contributed by atoms with Crippen LogP contribution >= 0.6 is 0 Å². The lowest BCUT2D eigenvalue weighted by atomic mass is 10.3. The first-order chi connectivity index (χ1) is 5.41. The maximum atomic E-state index is 8.32. The van der Waals surface area contributed by atoms with Gasteiger partial charge in [0.15, 0.2) is 0 Å². The van der Waals surface area contributed by atoms with E-state index in [0.29, 0.717) is 0 Å². The van der Waals surface area contributed by atoms with Crippen molar-refractivity contribution in [3.63, 3.8) is 0 Å². The van der Waals surface area contributed by atoms with Gasteiger partial charge in [0.1, 0.15) is 0 Å². The van der Waals surface area contributed by atoms with E-state index in [2.05, 4.69) is 30.6 Å². The molecule has 0 radical (unpaired) electrons. The Morgan fingerprint density at radius 2 is 2.18 bits per heavy atom. The third kappa shape index (κ3) is 8.82. The molecule has 0 aliphatic heterocycles. The molecular weight excluding hydrogens is 136 g/mol. The summed E-state index contributed by atoms with van der Waals surface area (Å²) in [5.41, 5.74) is 0. The van der Waals surface area contributed by atoms with Gasteiger partial charge in [-0.3, -0.25) is 0 Å². The second kappa shape index (κ2) is 8.82. The molecule has 0 spiro atoms. The van der Waals surface area contributed by atoms with Crippen LogP contribution in [0.3, 0.4) is 0 Å². The van der Waals surface area contributed by atoms with E-state index < -0.39 is 0 Å². The van der Waals surface area contributed by atoms with Gasteiger partial charge in [0.2, 0.25) is 0 Å². The van der Waals surface area contributed by atoms with Crippen molar-refractivity contribution in [2.24, 2.45) is 0 Å². The summed E-state index contributed by atoms with van der Waals surface area (Å²) in [5.74, 6) is 10.9. The van der Waals surface area contributed by atoms with E-state index in [1.165, 1.54) is 0 Å². The molecule has 0 fully saturated rings. The second-order valence-corrected chi connectivity index (χ2v) is 1.91. The van der Waals surface area contributed by atoms with Gasteiger partial charge in [0, 0.05) is 6.42 Å². The average molecular weight is 148 g/mol. The number of allylic oxidation sites excluding steroid dienone is 1. The average Bonchev–Trinajstić information content (AvgIpc) is 2.03. The van der Waals surface area contributed by atoms with Crippen LogP contribution in [-0.4, -0.2) is 11.7 Å². The Labute approximate surface area is 68.1 Å². The van der Waals surface area contributed by atoms with E-state index in [-0.39, 0.29) is 6.61 Å². The molecule has 0 rings (SSSR count). The minimum absolute atomic E-state index is 0.0388. The summed E-state index contributed by atoms with van der Waals surface area (Å²) < 4.78 is 0. The van der Waals surface area contributed by atoms with Crippen molar-refractivity contribution < 1.29 is 5.11 Å². The fraction of sp³-hybridized carbons (Fsp3) is 0.400. The van der Waals surface area contributed by atoms with Crippen molar-refractivity contribution in [3.05, 3.63) is 12.2 Å². The molecule has 1 nitrogen and oxygen atoms in total. The largest absolute Gasteiger partial charge is 0.392 e. The van der Waals surface area contributed by atoms with E-state index in [1.807, 2.05) is 0 Å². The molecule has 1 N–H and O–H groups in total. The molecule has 0 aliphatic rings. The fourth-order valence-electron chi connectivity index (χ4n) is 0.421. The molecule has 0 aliphatic carbocycles. The van der Waals surface area contributed by atoms with Gasteiger partial charge < -0.3 is 5.11 Å². The molecule has 11 heavy (non-hydrogen) atoms. The van der Waals surface area contributed by atoms with Crippen molar-refractivity contribution in [1.29, 1.82) is 0 Å². The highest BCUT2D eigenvalue weighted by Crippen LogP contribution is 1.79. The maximum Gasteiger partial charge on any atom is 0.0621 e. The number of rotatable bonds is 2. The minimum atomic E-state index is 0.0388. The van der Waals surface area contributed by atoms with Crippen molar-refractivity contribution in [2.45, 2.75) is 19.8 Å². The molecule has 0 saturated heterocycles. The highest BCUT2D eigenvalue weighted by atomic mass is 16.2. The highest BCUT2D eigenvalue weighted by Gasteiger charge is 1.66. The number of hydrogen-bond acceptors (Lipinski definition) is 1. The monoisotopic (exact) mass is 148 g/mol. The summed E-state index contributed by atoms with van der Waals surface area (Å²) in [4.78, 5) is 0. The van der Waals surface area contributed by atoms with Crippen LogP contribution in [0.4, 0.5) is 0 Å². The molecule has 0 amide bonds. The van der Waals surface area contributed by atoms with Gasteiger partial charge in [-0.15, -0.1) is 0 Å². The summed E-state index contributed by atoms with van der Waals surface area (Å²) in [6.45, 7) is 2.12. The maximum absolute atomic E-state index is 8.32. The summed E-state index contributed by atoms with van der Waals surface area (Å²) in [6, 6.07) is 0. The summed E-state index contributed by atoms with van der Waals surface area (Å²) in [5, 5.41) is 8.32. The predicted octanol–water partition coefficient (Wildman–Crippen LogP) is 1.34. The first kappa shape index (κ1) is 9.82. The standard InChI is InChI=1S/C10H12O/c1-2-3-4-5-6-7-8-9-10-11/h8-9,11H,2-3,10H2,1H3/b9-8-. The topological polar surface area (TPSA) is 20.2 Å². The zero-order valence-electron chi connectivity index (χ0n) is 6.72. The van der Waals surface area contributed by atoms with Gasteiger partial charge in [-0.2, -0.15) is 0 Å². The van der Waals surface area contributed by atoms with E-state index in [0.717, 1.165) is 12.8 Å². The molecule has 0 saturated carbocycles. The lowest BCUT2D eigenvalue weighted by Crippen LogP contribution is -1.67. The second-order valence-electron chi connectivity index (χ2n) is 1.91. The first-order valence-corrected chi connectivity index (χ1v) is 3.66. The smallest absolute Gasteiger partial charge is 0.0621 e. The van der Waals surface area contributed by atoms with Crippen molar-refractivity contribution >= 4 is 0 Å². The van der Waals surface area contributed by atoms with Crippen LogP contribution in [0.5, 0.6) is 0 Å². The van der Waals surface area contributed by atoms with Gasteiger partial charge in [0.25, 0.3) is 0 Å². The number of aliphatic hydroxyl groups is 1. The van der Waals surface area contributed by atoms with Crippen LogP contribution in [0, 0.1) is 23.7 Å². The zero-order chi connectivity index (χ0) is 8.36. The third-order valence-electron chi connectivity index (χ3n) is 0.905. The Hall–Kier alpha value is -1.18. The Balaban J connectivity index is 3.57. The molecule has 0 bridgehead atoms. The highest BCUT2D eigenvalue weighted by molar-refractivity contribution is 5.30. The summed E-state index contributed by atoms with van der Waals surface area (Å²) in [7, 11) is 0. The lowest BCUT2D eigenvalue weighted by molar-refractivity contribution is 0.343. The third-order valence-corrected chi connectivity index (χ3v) is 0.905. The molecule has 1 heteroatoms. The van der Waals surface area contributed by atoms with Gasteiger partial charge in [-0.25, -0.2) is 0 Å². The minimum Gasteiger partial charge on any atom is -0.392 e. The van der Waals surface area contributed by atoms with Crippen LogP contribution in [0.15, 0.2) is 12.2 Å². The zero-order valence-corrected chi connectivity index (χ0v) is 6.72. The number of unbranched alkanes of at least 4 members (excludes halogenated alkanes) is 1. The predicted molar refractivity (Wildman–Crippen MR) is 46.7 cm³/mol.